The van der Waals surface area contributed by atoms with Crippen LogP contribution in [0.4, 0.5) is 5.69 Å². The van der Waals surface area contributed by atoms with Crippen LogP contribution < -0.4 is 10.6 Å². The summed E-state index contributed by atoms with van der Waals surface area (Å²) in [5.74, 6) is -0.00592. The molecular formula is C14H19ClN4O. The molecule has 0 fully saturated rings. The first kappa shape index (κ1) is 16.2. The lowest BCUT2D eigenvalue weighted by molar-refractivity contribution is -0.116. The zero-order chi connectivity index (χ0) is 13.5. The molecule has 0 saturated heterocycles. The second-order valence-electron chi connectivity index (χ2n) is 4.31. The van der Waals surface area contributed by atoms with Gasteiger partial charge in [0.15, 0.2) is 0 Å². The third-order valence-corrected chi connectivity index (χ3v) is 2.71. The molecule has 1 amide bonds. The van der Waals surface area contributed by atoms with Gasteiger partial charge in [-0.1, -0.05) is 30.3 Å². The Morgan fingerprint density at radius 2 is 2.05 bits per heavy atom. The highest BCUT2D eigenvalue weighted by molar-refractivity contribution is 5.90. The van der Waals surface area contributed by atoms with Gasteiger partial charge in [-0.05, 0) is 12.6 Å². The molecule has 0 atom stereocenters. The Bertz CT molecular complexity index is 527. The normalized spacial score (nSPS) is 9.85. The van der Waals surface area contributed by atoms with Gasteiger partial charge in [-0.15, -0.1) is 12.4 Å². The topological polar surface area (TPSA) is 59.0 Å². The van der Waals surface area contributed by atoms with Gasteiger partial charge in [0.1, 0.15) is 0 Å². The number of anilines is 1. The molecular weight excluding hydrogens is 276 g/mol. The molecule has 2 rings (SSSR count). The van der Waals surface area contributed by atoms with Gasteiger partial charge < -0.3 is 10.6 Å². The Hall–Kier alpha value is -1.85. The van der Waals surface area contributed by atoms with Crippen molar-refractivity contribution in [3.8, 4) is 0 Å². The second-order valence-corrected chi connectivity index (χ2v) is 4.31. The third kappa shape index (κ3) is 5.03. The van der Waals surface area contributed by atoms with Crippen molar-refractivity contribution in [3.63, 3.8) is 0 Å². The molecule has 1 heterocycles. The molecule has 5 nitrogen and oxygen atoms in total. The van der Waals surface area contributed by atoms with Crippen LogP contribution in [-0.2, 0) is 11.3 Å². The van der Waals surface area contributed by atoms with Crippen LogP contribution in [-0.4, -0.2) is 29.3 Å². The Morgan fingerprint density at radius 1 is 1.30 bits per heavy atom. The van der Waals surface area contributed by atoms with Crippen LogP contribution in [0.1, 0.15) is 12.0 Å². The summed E-state index contributed by atoms with van der Waals surface area (Å²) < 4.78 is 1.81. The number of nitrogens with one attached hydrogen (secondary N) is 2. The van der Waals surface area contributed by atoms with E-state index in [1.807, 2.05) is 48.3 Å². The monoisotopic (exact) mass is 294 g/mol. The molecule has 6 heteroatoms. The minimum absolute atomic E-state index is 0. The molecule has 0 aliphatic rings. The van der Waals surface area contributed by atoms with E-state index >= 15 is 0 Å². The molecule has 108 valence electrons. The first-order valence-electron chi connectivity index (χ1n) is 6.29. The molecule has 0 aliphatic heterocycles. The number of nitrogens with zero attached hydrogens (tertiary/aromatic N) is 2. The van der Waals surface area contributed by atoms with Gasteiger partial charge in [0.05, 0.1) is 18.4 Å². The lowest BCUT2D eigenvalue weighted by Crippen LogP contribution is -2.18. The molecule has 1 aromatic carbocycles. The van der Waals surface area contributed by atoms with Crippen LogP contribution in [0.5, 0.6) is 0 Å². The highest BCUT2D eigenvalue weighted by atomic mass is 35.5. The number of benzene rings is 1. The summed E-state index contributed by atoms with van der Waals surface area (Å²) in [5.41, 5.74) is 1.91. The molecule has 2 N–H and O–H groups in total. The van der Waals surface area contributed by atoms with Crippen molar-refractivity contribution >= 4 is 24.0 Å². The summed E-state index contributed by atoms with van der Waals surface area (Å²) in [4.78, 5) is 11.6. The van der Waals surface area contributed by atoms with Crippen LogP contribution in [0.3, 0.4) is 0 Å². The predicted octanol–water partition coefficient (Wildman–Crippen LogP) is 1.90. The quantitative estimate of drug-likeness (QED) is 0.855. The average Bonchev–Trinajstić information content (AvgIpc) is 2.85. The number of carbonyl (C=O) groups excluding carboxylic acids is 1. The smallest absolute Gasteiger partial charge is 0.225 e. The molecule has 0 bridgehead atoms. The van der Waals surface area contributed by atoms with Gasteiger partial charge in [-0.25, -0.2) is 0 Å². The van der Waals surface area contributed by atoms with Crippen molar-refractivity contribution in [2.45, 2.75) is 13.0 Å². The van der Waals surface area contributed by atoms with Gasteiger partial charge in [-0.3, -0.25) is 9.48 Å². The minimum atomic E-state index is -0.00592. The van der Waals surface area contributed by atoms with Crippen LogP contribution >= 0.6 is 12.4 Å². The summed E-state index contributed by atoms with van der Waals surface area (Å²) >= 11 is 0. The highest BCUT2D eigenvalue weighted by Gasteiger charge is 2.04. The van der Waals surface area contributed by atoms with E-state index in [1.54, 1.807) is 6.20 Å². The van der Waals surface area contributed by atoms with Crippen molar-refractivity contribution in [2.24, 2.45) is 0 Å². The summed E-state index contributed by atoms with van der Waals surface area (Å²) in [6.07, 6.45) is 3.96. The van der Waals surface area contributed by atoms with Gasteiger partial charge >= 0.3 is 0 Å². The summed E-state index contributed by atoms with van der Waals surface area (Å²) in [6.45, 7) is 1.37. The maximum atomic E-state index is 11.6. The van der Waals surface area contributed by atoms with Crippen LogP contribution in [0.15, 0.2) is 42.7 Å². The van der Waals surface area contributed by atoms with Crippen molar-refractivity contribution in [1.82, 2.24) is 15.1 Å². The second kappa shape index (κ2) is 8.35. The van der Waals surface area contributed by atoms with Gasteiger partial charge in [-0.2, -0.15) is 5.10 Å². The van der Waals surface area contributed by atoms with E-state index in [2.05, 4.69) is 15.7 Å². The lowest BCUT2D eigenvalue weighted by Gasteiger charge is -2.02. The SMILES string of the molecule is CNCCC(=O)Nc1cnn(Cc2ccccc2)c1.Cl. The van der Waals surface area contributed by atoms with Crippen LogP contribution in [0.2, 0.25) is 0 Å². The summed E-state index contributed by atoms with van der Waals surface area (Å²) in [6, 6.07) is 10.1. The van der Waals surface area contributed by atoms with E-state index in [1.165, 1.54) is 5.56 Å². The minimum Gasteiger partial charge on any atom is -0.323 e. The molecule has 1 aromatic heterocycles. The van der Waals surface area contributed by atoms with Gasteiger partial charge in [0.25, 0.3) is 0 Å². The Labute approximate surface area is 124 Å². The fourth-order valence-corrected chi connectivity index (χ4v) is 1.75. The number of carbonyl (C=O) groups is 1. The first-order valence-corrected chi connectivity index (χ1v) is 6.29. The Balaban J connectivity index is 0.00000200. The Kier molecular flexibility index (Phi) is 6.76. The number of rotatable bonds is 6. The first-order chi connectivity index (χ1) is 9.28. The standard InChI is InChI=1S/C14H18N4O.ClH/c1-15-8-7-14(19)17-13-9-16-18(11-13)10-12-5-3-2-4-6-12;/h2-6,9,11,15H,7-8,10H2,1H3,(H,17,19);1H. The fraction of sp³-hybridized carbons (Fsp3) is 0.286. The molecule has 0 spiro atoms. The molecule has 0 unspecified atom stereocenters. The lowest BCUT2D eigenvalue weighted by atomic mass is 10.2. The van der Waals surface area contributed by atoms with E-state index in [-0.39, 0.29) is 18.3 Å². The summed E-state index contributed by atoms with van der Waals surface area (Å²) in [7, 11) is 1.82. The van der Waals surface area contributed by atoms with Crippen molar-refractivity contribution < 1.29 is 4.79 Å². The number of halogens is 1. The molecule has 20 heavy (non-hydrogen) atoms. The largest absolute Gasteiger partial charge is 0.323 e. The van der Waals surface area contributed by atoms with Crippen molar-refractivity contribution in [1.29, 1.82) is 0 Å². The van der Waals surface area contributed by atoms with Crippen molar-refractivity contribution in [2.75, 3.05) is 18.9 Å². The third-order valence-electron chi connectivity index (χ3n) is 2.71. The number of hydrogen-bond donors (Lipinski definition) is 2. The average molecular weight is 295 g/mol. The fourth-order valence-electron chi connectivity index (χ4n) is 1.75. The van der Waals surface area contributed by atoms with E-state index in [0.29, 0.717) is 19.5 Å². The van der Waals surface area contributed by atoms with Gasteiger partial charge in [0.2, 0.25) is 5.91 Å². The van der Waals surface area contributed by atoms with Crippen LogP contribution in [0, 0.1) is 0 Å². The maximum absolute atomic E-state index is 11.6. The highest BCUT2D eigenvalue weighted by Crippen LogP contribution is 2.08. The van der Waals surface area contributed by atoms with E-state index in [4.69, 9.17) is 0 Å². The number of hydrogen-bond acceptors (Lipinski definition) is 3. The molecule has 0 saturated carbocycles. The molecule has 2 aromatic rings. The molecule has 0 aliphatic carbocycles. The van der Waals surface area contributed by atoms with Gasteiger partial charge in [0, 0.05) is 19.2 Å². The van der Waals surface area contributed by atoms with E-state index in [0.717, 1.165) is 5.69 Å². The van der Waals surface area contributed by atoms with E-state index < -0.39 is 0 Å². The van der Waals surface area contributed by atoms with Crippen molar-refractivity contribution in [3.05, 3.63) is 48.3 Å². The van der Waals surface area contributed by atoms with E-state index in [9.17, 15) is 4.79 Å². The zero-order valence-corrected chi connectivity index (χ0v) is 12.2. The van der Waals surface area contributed by atoms with Crippen LogP contribution in [0.25, 0.3) is 0 Å². The Morgan fingerprint density at radius 3 is 2.75 bits per heavy atom. The predicted molar refractivity (Wildman–Crippen MR) is 82.2 cm³/mol. The molecule has 0 radical (unpaired) electrons. The zero-order valence-electron chi connectivity index (χ0n) is 11.4. The maximum Gasteiger partial charge on any atom is 0.225 e. The number of amides is 1. The summed E-state index contributed by atoms with van der Waals surface area (Å²) in [5, 5.41) is 9.99. The number of aromatic nitrogens is 2.